The number of rotatable bonds is 4. The molecule has 0 radical (unpaired) electrons. The summed E-state index contributed by atoms with van der Waals surface area (Å²) < 4.78 is 0. The lowest BCUT2D eigenvalue weighted by atomic mass is 10.0. The quantitative estimate of drug-likeness (QED) is 0.821. The predicted molar refractivity (Wildman–Crippen MR) is 102 cm³/mol. The van der Waals surface area contributed by atoms with Crippen molar-refractivity contribution >= 4 is 29.2 Å². The van der Waals surface area contributed by atoms with E-state index >= 15 is 0 Å². The maximum absolute atomic E-state index is 12.2. The molecule has 7 nitrogen and oxygen atoms in total. The van der Waals surface area contributed by atoms with Crippen LogP contribution in [-0.4, -0.2) is 73.6 Å². The van der Waals surface area contributed by atoms with Crippen LogP contribution in [0.5, 0.6) is 0 Å². The lowest BCUT2D eigenvalue weighted by molar-refractivity contribution is -0.132. The summed E-state index contributed by atoms with van der Waals surface area (Å²) in [5.41, 5.74) is 6.21. The summed E-state index contributed by atoms with van der Waals surface area (Å²) in [6.45, 7) is 5.29. The number of hydrogen-bond acceptors (Lipinski definition) is 4. The van der Waals surface area contributed by atoms with Gasteiger partial charge in [-0.1, -0.05) is 17.7 Å². The molecule has 1 aromatic carbocycles. The van der Waals surface area contributed by atoms with Crippen LogP contribution in [0.15, 0.2) is 24.3 Å². The summed E-state index contributed by atoms with van der Waals surface area (Å²) in [6, 6.07) is 7.68. The van der Waals surface area contributed by atoms with Crippen molar-refractivity contribution in [3.8, 4) is 0 Å². The van der Waals surface area contributed by atoms with E-state index in [1.54, 1.807) is 0 Å². The molecule has 0 bridgehead atoms. The number of nitrogens with one attached hydrogen (secondary N) is 1. The van der Waals surface area contributed by atoms with Gasteiger partial charge in [0.25, 0.3) is 0 Å². The summed E-state index contributed by atoms with van der Waals surface area (Å²) in [5, 5.41) is 3.14. The molecule has 0 unspecified atom stereocenters. The standard InChI is InChI=1S/C18H26ClN5O2/c19-14-3-1-4-15(11-14)22-7-9-23(10-8-22)16-5-2-6-24(13-16)17(25)12-21-18(20)26/h1,3-4,11,16H,2,5-10,12-13H2,(H3,20,21,26)/t16-/m0/s1. The van der Waals surface area contributed by atoms with Gasteiger partial charge in [-0.05, 0) is 31.0 Å². The predicted octanol–water partition coefficient (Wildman–Crippen LogP) is 1.12. The van der Waals surface area contributed by atoms with Crippen LogP contribution in [-0.2, 0) is 4.79 Å². The first-order valence-electron chi connectivity index (χ1n) is 9.08. The minimum atomic E-state index is -0.663. The van der Waals surface area contributed by atoms with E-state index in [1.165, 1.54) is 0 Å². The van der Waals surface area contributed by atoms with Gasteiger partial charge in [-0.25, -0.2) is 4.79 Å². The second-order valence-corrected chi connectivity index (χ2v) is 7.29. The minimum Gasteiger partial charge on any atom is -0.369 e. The summed E-state index contributed by atoms with van der Waals surface area (Å²) in [6.07, 6.45) is 2.09. The third-order valence-corrected chi connectivity index (χ3v) is 5.40. The van der Waals surface area contributed by atoms with Crippen molar-refractivity contribution in [3.63, 3.8) is 0 Å². The van der Waals surface area contributed by atoms with E-state index < -0.39 is 6.03 Å². The SMILES string of the molecule is NC(=O)NCC(=O)N1CCC[C@H](N2CCN(c3cccc(Cl)c3)CC2)C1. The van der Waals surface area contributed by atoms with Crippen molar-refractivity contribution in [2.24, 2.45) is 5.73 Å². The van der Waals surface area contributed by atoms with Gasteiger partial charge in [0.05, 0.1) is 6.54 Å². The Morgan fingerprint density at radius 1 is 1.19 bits per heavy atom. The molecule has 142 valence electrons. The molecule has 3 N–H and O–H groups in total. The van der Waals surface area contributed by atoms with Crippen molar-refractivity contribution in [2.45, 2.75) is 18.9 Å². The number of carbonyl (C=O) groups is 2. The molecular formula is C18H26ClN5O2. The molecule has 2 saturated heterocycles. The van der Waals surface area contributed by atoms with Crippen molar-refractivity contribution in [1.82, 2.24) is 15.1 Å². The maximum Gasteiger partial charge on any atom is 0.312 e. The fraction of sp³-hybridized carbons (Fsp3) is 0.556. The Kier molecular flexibility index (Phi) is 6.21. The molecular weight excluding hydrogens is 354 g/mol. The van der Waals surface area contributed by atoms with E-state index in [0.29, 0.717) is 6.04 Å². The molecule has 0 saturated carbocycles. The molecule has 3 amide bonds. The molecule has 8 heteroatoms. The lowest BCUT2D eigenvalue weighted by Crippen LogP contribution is -2.56. The zero-order valence-electron chi connectivity index (χ0n) is 14.9. The number of urea groups is 1. The van der Waals surface area contributed by atoms with E-state index in [-0.39, 0.29) is 12.5 Å². The molecule has 1 aromatic rings. The van der Waals surface area contributed by atoms with Gasteiger partial charge in [0.1, 0.15) is 0 Å². The molecule has 2 aliphatic rings. The monoisotopic (exact) mass is 379 g/mol. The Bertz CT molecular complexity index is 648. The van der Waals surface area contributed by atoms with E-state index in [9.17, 15) is 9.59 Å². The number of nitrogens with two attached hydrogens (primary N) is 1. The zero-order chi connectivity index (χ0) is 18.5. The lowest BCUT2D eigenvalue weighted by Gasteiger charge is -2.44. The highest BCUT2D eigenvalue weighted by Crippen LogP contribution is 2.23. The number of benzene rings is 1. The number of amides is 3. The number of piperidine rings is 1. The molecule has 1 atom stereocenters. The topological polar surface area (TPSA) is 81.9 Å². The number of nitrogens with zero attached hydrogens (tertiary/aromatic N) is 3. The van der Waals surface area contributed by atoms with Crippen LogP contribution in [0.3, 0.4) is 0 Å². The molecule has 26 heavy (non-hydrogen) atoms. The molecule has 2 aliphatic heterocycles. The van der Waals surface area contributed by atoms with Crippen molar-refractivity contribution < 1.29 is 9.59 Å². The van der Waals surface area contributed by atoms with Crippen molar-refractivity contribution in [2.75, 3.05) is 50.7 Å². The molecule has 2 heterocycles. The molecule has 3 rings (SSSR count). The average Bonchev–Trinajstić information content (AvgIpc) is 2.66. The number of halogens is 1. The fourth-order valence-electron chi connectivity index (χ4n) is 3.77. The second kappa shape index (κ2) is 8.60. The number of anilines is 1. The van der Waals surface area contributed by atoms with Crippen LogP contribution in [0.2, 0.25) is 5.02 Å². The first-order valence-corrected chi connectivity index (χ1v) is 9.46. The Morgan fingerprint density at radius 2 is 1.96 bits per heavy atom. The van der Waals surface area contributed by atoms with Gasteiger partial charge in [-0.15, -0.1) is 0 Å². The molecule has 0 spiro atoms. The summed E-state index contributed by atoms with van der Waals surface area (Å²) in [7, 11) is 0. The maximum atomic E-state index is 12.2. The molecule has 0 aromatic heterocycles. The zero-order valence-corrected chi connectivity index (χ0v) is 15.6. The first-order chi connectivity index (χ1) is 12.5. The molecule has 0 aliphatic carbocycles. The van der Waals surface area contributed by atoms with Crippen molar-refractivity contribution in [1.29, 1.82) is 0 Å². The number of primary amides is 1. The Hall–Kier alpha value is -1.99. The van der Waals surface area contributed by atoms with Crippen LogP contribution < -0.4 is 16.0 Å². The van der Waals surface area contributed by atoms with Gasteiger partial charge in [0, 0.05) is 56.0 Å². The van der Waals surface area contributed by atoms with E-state index in [0.717, 1.165) is 62.8 Å². The third kappa shape index (κ3) is 4.80. The summed E-state index contributed by atoms with van der Waals surface area (Å²) in [5.74, 6) is -0.0638. The van der Waals surface area contributed by atoms with Gasteiger partial charge in [0.2, 0.25) is 5.91 Å². The normalized spacial score (nSPS) is 21.5. The average molecular weight is 380 g/mol. The van der Waals surface area contributed by atoms with Crippen LogP contribution in [0.4, 0.5) is 10.5 Å². The van der Waals surface area contributed by atoms with E-state index in [4.69, 9.17) is 17.3 Å². The Morgan fingerprint density at radius 3 is 2.65 bits per heavy atom. The highest BCUT2D eigenvalue weighted by Gasteiger charge is 2.30. The van der Waals surface area contributed by atoms with E-state index in [2.05, 4.69) is 21.2 Å². The van der Waals surface area contributed by atoms with Crippen LogP contribution >= 0.6 is 11.6 Å². The van der Waals surface area contributed by atoms with Gasteiger partial charge in [-0.3, -0.25) is 9.69 Å². The summed E-state index contributed by atoms with van der Waals surface area (Å²) >= 11 is 6.10. The van der Waals surface area contributed by atoms with Gasteiger partial charge in [0.15, 0.2) is 0 Å². The smallest absolute Gasteiger partial charge is 0.312 e. The fourth-order valence-corrected chi connectivity index (χ4v) is 3.96. The highest BCUT2D eigenvalue weighted by molar-refractivity contribution is 6.30. The number of carbonyl (C=O) groups excluding carboxylic acids is 2. The van der Waals surface area contributed by atoms with E-state index in [1.807, 2.05) is 23.1 Å². The minimum absolute atomic E-state index is 0.0232. The molecule has 2 fully saturated rings. The first kappa shape index (κ1) is 18.8. The van der Waals surface area contributed by atoms with Gasteiger partial charge < -0.3 is 20.9 Å². The van der Waals surface area contributed by atoms with Crippen LogP contribution in [0, 0.1) is 0 Å². The second-order valence-electron chi connectivity index (χ2n) is 6.86. The van der Waals surface area contributed by atoms with Crippen molar-refractivity contribution in [3.05, 3.63) is 29.3 Å². The Labute approximate surface area is 159 Å². The number of likely N-dealkylation sites (tertiary alicyclic amines) is 1. The summed E-state index contributed by atoms with van der Waals surface area (Å²) in [4.78, 5) is 29.7. The van der Waals surface area contributed by atoms with Crippen LogP contribution in [0.1, 0.15) is 12.8 Å². The third-order valence-electron chi connectivity index (χ3n) is 5.17. The van der Waals surface area contributed by atoms with Gasteiger partial charge in [-0.2, -0.15) is 0 Å². The number of piperazine rings is 1. The largest absolute Gasteiger partial charge is 0.369 e. The Balaban J connectivity index is 1.51. The van der Waals surface area contributed by atoms with Gasteiger partial charge >= 0.3 is 6.03 Å². The highest BCUT2D eigenvalue weighted by atomic mass is 35.5. The number of hydrogen-bond donors (Lipinski definition) is 2. The van der Waals surface area contributed by atoms with Crippen LogP contribution in [0.25, 0.3) is 0 Å².